The van der Waals surface area contributed by atoms with Crippen molar-refractivity contribution in [1.29, 1.82) is 0 Å². The highest BCUT2D eigenvalue weighted by Gasteiger charge is 2.10. The molecule has 1 rings (SSSR count). The minimum Gasteiger partial charge on any atom is -0.346 e. The molecule has 0 unspecified atom stereocenters. The van der Waals surface area contributed by atoms with E-state index in [9.17, 15) is 9.59 Å². The molecule has 0 spiro atoms. The lowest BCUT2D eigenvalue weighted by Crippen LogP contribution is -2.27. The summed E-state index contributed by atoms with van der Waals surface area (Å²) in [5, 5.41) is 1.90. The van der Waals surface area contributed by atoms with Crippen LogP contribution in [0.3, 0.4) is 0 Å². The Morgan fingerprint density at radius 1 is 1.28 bits per heavy atom. The second-order valence-electron chi connectivity index (χ2n) is 4.42. The molecule has 3 nitrogen and oxygen atoms in total. The zero-order valence-corrected chi connectivity index (χ0v) is 12.0. The molecule has 1 heterocycles. The van der Waals surface area contributed by atoms with Gasteiger partial charge < -0.3 is 4.90 Å². The normalized spacial score (nSPS) is 10.3. The van der Waals surface area contributed by atoms with Crippen LogP contribution in [0.4, 0.5) is 0 Å². The molecule has 100 valence electrons. The van der Waals surface area contributed by atoms with E-state index in [1.165, 1.54) is 11.3 Å². The largest absolute Gasteiger partial charge is 0.346 e. The average Bonchev–Trinajstić information content (AvgIpc) is 2.89. The van der Waals surface area contributed by atoms with Crippen molar-refractivity contribution in [3.05, 3.63) is 22.4 Å². The molecule has 4 heteroatoms. The van der Waals surface area contributed by atoms with Gasteiger partial charge in [0.1, 0.15) is 0 Å². The fourth-order valence-corrected chi connectivity index (χ4v) is 2.37. The van der Waals surface area contributed by atoms with E-state index in [4.69, 9.17) is 0 Å². The van der Waals surface area contributed by atoms with E-state index >= 15 is 0 Å². The molecule has 0 saturated carbocycles. The Bertz CT molecular complexity index is 373. The average molecular weight is 267 g/mol. The zero-order chi connectivity index (χ0) is 13.4. The number of amides is 1. The van der Waals surface area contributed by atoms with Gasteiger partial charge in [0.2, 0.25) is 5.91 Å². The number of thiophene rings is 1. The van der Waals surface area contributed by atoms with Crippen molar-refractivity contribution in [3.63, 3.8) is 0 Å². The smallest absolute Gasteiger partial charge is 0.222 e. The molecule has 0 fully saturated rings. The zero-order valence-electron chi connectivity index (χ0n) is 11.1. The second-order valence-corrected chi connectivity index (χ2v) is 5.37. The Hall–Kier alpha value is -1.16. The fourth-order valence-electron chi connectivity index (χ4n) is 1.67. The van der Waals surface area contributed by atoms with Gasteiger partial charge in [-0.1, -0.05) is 19.4 Å². The van der Waals surface area contributed by atoms with Gasteiger partial charge in [-0.15, -0.1) is 11.3 Å². The van der Waals surface area contributed by atoms with Gasteiger partial charge in [-0.05, 0) is 24.3 Å². The minimum atomic E-state index is 0.141. The summed E-state index contributed by atoms with van der Waals surface area (Å²) in [6.07, 6.45) is 3.71. The number of carbonyl (C=O) groups excluding carboxylic acids is 2. The summed E-state index contributed by atoms with van der Waals surface area (Å²) in [6, 6.07) is 3.71. The van der Waals surface area contributed by atoms with Crippen LogP contribution in [0, 0.1) is 0 Å². The number of ketones is 1. The molecule has 0 radical (unpaired) electrons. The topological polar surface area (TPSA) is 37.4 Å². The van der Waals surface area contributed by atoms with Gasteiger partial charge >= 0.3 is 0 Å². The number of rotatable bonds is 8. The Labute approximate surface area is 113 Å². The monoisotopic (exact) mass is 267 g/mol. The molecule has 18 heavy (non-hydrogen) atoms. The Morgan fingerprint density at radius 3 is 2.67 bits per heavy atom. The molecular weight excluding hydrogens is 246 g/mol. The number of Topliss-reactive ketones (excluding diaryl/α,β-unsaturated/α-hetero) is 1. The van der Waals surface area contributed by atoms with Crippen molar-refractivity contribution in [3.8, 4) is 0 Å². The lowest BCUT2D eigenvalue weighted by atomic mass is 10.1. The van der Waals surface area contributed by atoms with Crippen molar-refractivity contribution in [1.82, 2.24) is 4.90 Å². The third kappa shape index (κ3) is 5.00. The van der Waals surface area contributed by atoms with Crippen molar-refractivity contribution in [2.45, 2.75) is 39.0 Å². The molecule has 0 atom stereocenters. The van der Waals surface area contributed by atoms with Gasteiger partial charge in [0.15, 0.2) is 5.78 Å². The van der Waals surface area contributed by atoms with Crippen LogP contribution >= 0.6 is 11.3 Å². The van der Waals surface area contributed by atoms with Crippen LogP contribution in [-0.2, 0) is 4.79 Å². The highest BCUT2D eigenvalue weighted by atomic mass is 32.1. The molecule has 0 aliphatic rings. The molecular formula is C14H21NO2S. The van der Waals surface area contributed by atoms with Crippen LogP contribution in [0.1, 0.15) is 48.7 Å². The third-order valence-electron chi connectivity index (χ3n) is 2.86. The summed E-state index contributed by atoms with van der Waals surface area (Å²) in [5.74, 6) is 0.288. The van der Waals surface area contributed by atoms with Gasteiger partial charge in [-0.25, -0.2) is 0 Å². The van der Waals surface area contributed by atoms with Crippen molar-refractivity contribution in [2.75, 3.05) is 13.6 Å². The Morgan fingerprint density at radius 2 is 2.06 bits per heavy atom. The molecule has 1 aromatic rings. The van der Waals surface area contributed by atoms with Gasteiger partial charge in [-0.3, -0.25) is 9.59 Å². The molecule has 0 bridgehead atoms. The summed E-state index contributed by atoms with van der Waals surface area (Å²) < 4.78 is 0. The number of carbonyl (C=O) groups is 2. The van der Waals surface area contributed by atoms with Crippen LogP contribution in [0.5, 0.6) is 0 Å². The molecule has 0 N–H and O–H groups in total. The van der Waals surface area contributed by atoms with Crippen LogP contribution < -0.4 is 0 Å². The van der Waals surface area contributed by atoms with Crippen molar-refractivity contribution >= 4 is 23.0 Å². The van der Waals surface area contributed by atoms with E-state index in [0.29, 0.717) is 19.3 Å². The maximum absolute atomic E-state index is 11.7. The molecule has 1 amide bonds. The van der Waals surface area contributed by atoms with Crippen LogP contribution in [0.15, 0.2) is 17.5 Å². The SMILES string of the molecule is CCCCN(C)C(=O)CCCC(=O)c1cccs1. The standard InChI is InChI=1S/C14H21NO2S/c1-3-4-10-15(2)14(17)9-5-7-12(16)13-8-6-11-18-13/h6,8,11H,3-5,7,9-10H2,1-2H3. The first-order chi connectivity index (χ1) is 8.65. The Kier molecular flexibility index (Phi) is 6.65. The molecule has 1 aromatic heterocycles. The first-order valence-corrected chi connectivity index (χ1v) is 7.33. The summed E-state index contributed by atoms with van der Waals surface area (Å²) in [7, 11) is 1.83. The highest BCUT2D eigenvalue weighted by Crippen LogP contribution is 2.13. The van der Waals surface area contributed by atoms with E-state index in [2.05, 4.69) is 6.92 Å². The van der Waals surface area contributed by atoms with Crippen LogP contribution in [0.2, 0.25) is 0 Å². The van der Waals surface area contributed by atoms with E-state index in [1.807, 2.05) is 24.6 Å². The fraction of sp³-hybridized carbons (Fsp3) is 0.571. The Balaban J connectivity index is 2.21. The van der Waals surface area contributed by atoms with Gasteiger partial charge in [-0.2, -0.15) is 0 Å². The number of hydrogen-bond acceptors (Lipinski definition) is 3. The summed E-state index contributed by atoms with van der Waals surface area (Å²) in [6.45, 7) is 2.92. The summed E-state index contributed by atoms with van der Waals surface area (Å²) >= 11 is 1.46. The molecule has 0 aromatic carbocycles. The third-order valence-corrected chi connectivity index (χ3v) is 3.77. The van der Waals surface area contributed by atoms with Crippen LogP contribution in [-0.4, -0.2) is 30.2 Å². The lowest BCUT2D eigenvalue weighted by molar-refractivity contribution is -0.130. The van der Waals surface area contributed by atoms with Gasteiger partial charge in [0, 0.05) is 26.4 Å². The lowest BCUT2D eigenvalue weighted by Gasteiger charge is -2.16. The van der Waals surface area contributed by atoms with E-state index in [-0.39, 0.29) is 11.7 Å². The quantitative estimate of drug-likeness (QED) is 0.677. The maximum atomic E-state index is 11.7. The van der Waals surface area contributed by atoms with Gasteiger partial charge in [0.05, 0.1) is 4.88 Å². The van der Waals surface area contributed by atoms with Crippen molar-refractivity contribution in [2.24, 2.45) is 0 Å². The maximum Gasteiger partial charge on any atom is 0.222 e. The summed E-state index contributed by atoms with van der Waals surface area (Å²) in [4.78, 5) is 26.0. The minimum absolute atomic E-state index is 0.141. The number of unbranched alkanes of at least 4 members (excludes halogenated alkanes) is 1. The molecule has 0 aliphatic carbocycles. The van der Waals surface area contributed by atoms with Crippen molar-refractivity contribution < 1.29 is 9.59 Å². The predicted molar refractivity (Wildman–Crippen MR) is 75.0 cm³/mol. The van der Waals surface area contributed by atoms with E-state index in [1.54, 1.807) is 4.90 Å². The molecule has 0 saturated heterocycles. The first kappa shape index (κ1) is 14.9. The molecule has 0 aliphatic heterocycles. The highest BCUT2D eigenvalue weighted by molar-refractivity contribution is 7.12. The number of nitrogens with zero attached hydrogens (tertiary/aromatic N) is 1. The number of hydrogen-bond donors (Lipinski definition) is 0. The first-order valence-electron chi connectivity index (χ1n) is 6.45. The summed E-state index contributed by atoms with van der Waals surface area (Å²) in [5.41, 5.74) is 0. The van der Waals surface area contributed by atoms with E-state index in [0.717, 1.165) is 24.3 Å². The predicted octanol–water partition coefficient (Wildman–Crippen LogP) is 3.36. The van der Waals surface area contributed by atoms with E-state index < -0.39 is 0 Å². The second kappa shape index (κ2) is 8.03. The van der Waals surface area contributed by atoms with Gasteiger partial charge in [0.25, 0.3) is 0 Å². The van der Waals surface area contributed by atoms with Crippen LogP contribution in [0.25, 0.3) is 0 Å².